The summed E-state index contributed by atoms with van der Waals surface area (Å²) in [5, 5.41) is 11.7. The van der Waals surface area contributed by atoms with Crippen LogP contribution in [-0.4, -0.2) is 25.7 Å². The van der Waals surface area contributed by atoms with Gasteiger partial charge in [-0.05, 0) is 29.8 Å². The van der Waals surface area contributed by atoms with Crippen LogP contribution >= 0.6 is 0 Å². The molecule has 8 nitrogen and oxygen atoms in total. The van der Waals surface area contributed by atoms with Crippen molar-refractivity contribution in [2.75, 3.05) is 0 Å². The maximum atomic E-state index is 13.1. The van der Waals surface area contributed by atoms with Crippen LogP contribution in [0.2, 0.25) is 0 Å². The van der Waals surface area contributed by atoms with E-state index in [1.807, 2.05) is 30.3 Å². The van der Waals surface area contributed by atoms with Gasteiger partial charge in [-0.3, -0.25) is 19.7 Å². The minimum atomic E-state index is -0.490. The number of carbonyl (C=O) groups excluding carboxylic acids is 1. The first-order valence-corrected chi connectivity index (χ1v) is 10.2. The summed E-state index contributed by atoms with van der Waals surface area (Å²) in [6, 6.07) is 22.6. The summed E-state index contributed by atoms with van der Waals surface area (Å²) >= 11 is 0. The summed E-state index contributed by atoms with van der Waals surface area (Å²) in [7, 11) is 0. The van der Waals surface area contributed by atoms with Crippen molar-refractivity contribution in [2.45, 2.75) is 13.1 Å². The van der Waals surface area contributed by atoms with E-state index in [9.17, 15) is 19.7 Å². The molecule has 0 unspecified atom stereocenters. The smallest absolute Gasteiger partial charge is 0.276 e. The highest BCUT2D eigenvalue weighted by Gasteiger charge is 2.16. The third-order valence-electron chi connectivity index (χ3n) is 5.07. The maximum absolute atomic E-state index is 13.1. The molecule has 0 saturated heterocycles. The zero-order valence-corrected chi connectivity index (χ0v) is 17.5. The van der Waals surface area contributed by atoms with Gasteiger partial charge >= 0.3 is 0 Å². The predicted octanol–water partition coefficient (Wildman–Crippen LogP) is 4.07. The van der Waals surface area contributed by atoms with Crippen molar-refractivity contribution in [3.8, 4) is 0 Å². The second-order valence-corrected chi connectivity index (χ2v) is 7.36. The van der Waals surface area contributed by atoms with Crippen molar-refractivity contribution in [3.05, 3.63) is 122 Å². The minimum absolute atomic E-state index is 0.0645. The van der Waals surface area contributed by atoms with Crippen LogP contribution in [0.1, 0.15) is 17.0 Å². The van der Waals surface area contributed by atoms with E-state index in [0.717, 1.165) is 5.56 Å². The van der Waals surface area contributed by atoms with Crippen molar-refractivity contribution >= 4 is 28.6 Å². The van der Waals surface area contributed by atoms with Gasteiger partial charge in [0.15, 0.2) is 0 Å². The molecule has 0 aliphatic carbocycles. The number of aromatic nitrogens is 2. The molecule has 0 atom stereocenters. The van der Waals surface area contributed by atoms with Crippen LogP contribution in [0.5, 0.6) is 0 Å². The topological polar surface area (TPSA) is 109 Å². The van der Waals surface area contributed by atoms with Gasteiger partial charge < -0.3 is 9.88 Å². The van der Waals surface area contributed by atoms with Gasteiger partial charge in [0.2, 0.25) is 5.91 Å². The second kappa shape index (κ2) is 9.69. The Kier molecular flexibility index (Phi) is 6.36. The van der Waals surface area contributed by atoms with Crippen LogP contribution in [0.4, 0.5) is 5.69 Å². The van der Waals surface area contributed by atoms with Crippen LogP contribution in [0, 0.1) is 10.1 Å². The van der Waals surface area contributed by atoms with E-state index in [1.165, 1.54) is 23.1 Å². The van der Waals surface area contributed by atoms with Crippen LogP contribution < -0.4 is 5.56 Å². The second-order valence-electron chi connectivity index (χ2n) is 7.36. The molecule has 0 radical (unpaired) electrons. The van der Waals surface area contributed by atoms with Crippen molar-refractivity contribution in [1.29, 1.82) is 0 Å². The van der Waals surface area contributed by atoms with Crippen LogP contribution in [0.3, 0.4) is 0 Å². The number of H-pyrrole nitrogens is 1. The van der Waals surface area contributed by atoms with E-state index in [4.69, 9.17) is 0 Å². The molecule has 3 aromatic carbocycles. The highest BCUT2D eigenvalue weighted by atomic mass is 16.6. The standard InChI is InChI=1S/C25H20N4O4/c30-24(15-14-19-10-4-7-13-22(19)29(32)33)28(16-18-8-2-1-3-9-18)17-23-26-21-12-6-5-11-20(21)25(31)27-23/h1-15H,16-17H2,(H,26,27,31). The number of benzene rings is 3. The number of nitro groups is 1. The molecule has 164 valence electrons. The fourth-order valence-corrected chi connectivity index (χ4v) is 3.47. The number of fused-ring (bicyclic) bond motifs is 1. The Labute approximate surface area is 189 Å². The van der Waals surface area contributed by atoms with Gasteiger partial charge in [0.1, 0.15) is 5.82 Å². The number of aromatic amines is 1. The summed E-state index contributed by atoms with van der Waals surface area (Å²) in [4.78, 5) is 45.1. The molecule has 4 aromatic rings. The Balaban J connectivity index is 1.64. The molecule has 1 aromatic heterocycles. The number of para-hydroxylation sites is 2. The highest BCUT2D eigenvalue weighted by molar-refractivity contribution is 5.92. The number of hydrogen-bond acceptors (Lipinski definition) is 5. The van der Waals surface area contributed by atoms with Crippen molar-refractivity contribution in [3.63, 3.8) is 0 Å². The van der Waals surface area contributed by atoms with Crippen molar-refractivity contribution in [1.82, 2.24) is 14.9 Å². The Hall–Kier alpha value is -4.59. The molecular formula is C25H20N4O4. The lowest BCUT2D eigenvalue weighted by molar-refractivity contribution is -0.385. The largest absolute Gasteiger partial charge is 0.327 e. The van der Waals surface area contributed by atoms with E-state index in [-0.39, 0.29) is 30.2 Å². The lowest BCUT2D eigenvalue weighted by atomic mass is 10.1. The first-order chi connectivity index (χ1) is 16.0. The third-order valence-corrected chi connectivity index (χ3v) is 5.07. The molecule has 0 bridgehead atoms. The first kappa shape index (κ1) is 21.6. The molecule has 4 rings (SSSR count). The summed E-state index contributed by atoms with van der Waals surface area (Å²) in [5.41, 5.74) is 1.40. The fourth-order valence-electron chi connectivity index (χ4n) is 3.47. The quantitative estimate of drug-likeness (QED) is 0.265. The van der Waals surface area contributed by atoms with Crippen molar-refractivity contribution < 1.29 is 9.72 Å². The molecule has 1 heterocycles. The van der Waals surface area contributed by atoms with Crippen molar-refractivity contribution in [2.24, 2.45) is 0 Å². The molecule has 0 aliphatic heterocycles. The Morgan fingerprint density at radius 3 is 2.45 bits per heavy atom. The van der Waals surface area contributed by atoms with E-state index in [2.05, 4.69) is 9.97 Å². The molecule has 0 saturated carbocycles. The van der Waals surface area contributed by atoms with Gasteiger partial charge in [-0.25, -0.2) is 4.98 Å². The predicted molar refractivity (Wildman–Crippen MR) is 125 cm³/mol. The van der Waals surface area contributed by atoms with E-state index >= 15 is 0 Å². The van der Waals surface area contributed by atoms with Crippen LogP contribution in [0.15, 0.2) is 89.7 Å². The lowest BCUT2D eigenvalue weighted by Gasteiger charge is -2.21. The normalized spacial score (nSPS) is 11.0. The molecule has 8 heteroatoms. The van der Waals surface area contributed by atoms with Crippen LogP contribution in [-0.2, 0) is 17.9 Å². The number of amides is 1. The Morgan fingerprint density at radius 1 is 0.970 bits per heavy atom. The average molecular weight is 440 g/mol. The number of nitrogens with one attached hydrogen (secondary N) is 1. The monoisotopic (exact) mass is 440 g/mol. The van der Waals surface area contributed by atoms with Gasteiger partial charge in [-0.2, -0.15) is 0 Å². The number of hydrogen-bond donors (Lipinski definition) is 1. The number of rotatable bonds is 7. The van der Waals surface area contributed by atoms with Gasteiger partial charge in [0.05, 0.1) is 27.9 Å². The molecule has 33 heavy (non-hydrogen) atoms. The minimum Gasteiger partial charge on any atom is -0.327 e. The Morgan fingerprint density at radius 2 is 1.67 bits per heavy atom. The van der Waals surface area contributed by atoms with Gasteiger partial charge in [0, 0.05) is 18.7 Å². The summed E-state index contributed by atoms with van der Waals surface area (Å²) in [6.45, 7) is 0.340. The summed E-state index contributed by atoms with van der Waals surface area (Å²) < 4.78 is 0. The summed E-state index contributed by atoms with van der Waals surface area (Å²) in [5.74, 6) is -0.0186. The molecule has 0 spiro atoms. The zero-order valence-electron chi connectivity index (χ0n) is 17.5. The Bertz CT molecular complexity index is 1400. The zero-order chi connectivity index (χ0) is 23.2. The highest BCUT2D eigenvalue weighted by Crippen LogP contribution is 2.19. The molecular weight excluding hydrogens is 420 g/mol. The first-order valence-electron chi connectivity index (χ1n) is 10.2. The molecule has 0 fully saturated rings. The molecule has 1 amide bonds. The molecule has 1 N–H and O–H groups in total. The van der Waals surface area contributed by atoms with Gasteiger partial charge in [-0.1, -0.05) is 54.6 Å². The maximum Gasteiger partial charge on any atom is 0.276 e. The van der Waals surface area contributed by atoms with Crippen LogP contribution in [0.25, 0.3) is 17.0 Å². The average Bonchev–Trinajstić information content (AvgIpc) is 2.83. The summed E-state index contributed by atoms with van der Waals surface area (Å²) in [6.07, 6.45) is 2.72. The van der Waals surface area contributed by atoms with E-state index < -0.39 is 4.92 Å². The van der Waals surface area contributed by atoms with Gasteiger partial charge in [0.25, 0.3) is 11.2 Å². The van der Waals surface area contributed by atoms with E-state index in [1.54, 1.807) is 42.5 Å². The lowest BCUT2D eigenvalue weighted by Crippen LogP contribution is -2.30. The third kappa shape index (κ3) is 5.19. The van der Waals surface area contributed by atoms with Gasteiger partial charge in [-0.15, -0.1) is 0 Å². The number of carbonyl (C=O) groups is 1. The SMILES string of the molecule is O=C(C=Cc1ccccc1[N+](=O)[O-])N(Cc1ccccc1)Cc1nc2ccccc2c(=O)[nH]1. The molecule has 0 aliphatic rings. The fraction of sp³-hybridized carbons (Fsp3) is 0.0800. The number of nitro benzene ring substituents is 1. The number of nitrogens with zero attached hydrogens (tertiary/aromatic N) is 3. The van der Waals surface area contributed by atoms with E-state index in [0.29, 0.717) is 22.3 Å².